The highest BCUT2D eigenvalue weighted by molar-refractivity contribution is 5.43. The van der Waals surface area contributed by atoms with E-state index < -0.39 is 0 Å². The molecule has 2 rings (SSSR count). The Kier molecular flexibility index (Phi) is 3.81. The van der Waals surface area contributed by atoms with Crippen molar-refractivity contribution in [2.45, 2.75) is 25.5 Å². The van der Waals surface area contributed by atoms with Crippen molar-refractivity contribution in [3.63, 3.8) is 0 Å². The van der Waals surface area contributed by atoms with Gasteiger partial charge in [-0.05, 0) is 13.3 Å². The lowest BCUT2D eigenvalue weighted by atomic mass is 10.2. The van der Waals surface area contributed by atoms with Crippen molar-refractivity contribution in [2.75, 3.05) is 43.3 Å². The van der Waals surface area contributed by atoms with E-state index in [1.807, 2.05) is 19.0 Å². The number of ether oxygens (including phenoxy) is 1. The SMILES string of the molecule is CNc1nc(NC2CCOC2C)nc(N(C)C)n1. The first-order valence-corrected chi connectivity index (χ1v) is 6.09. The molecule has 100 valence electrons. The van der Waals surface area contributed by atoms with Gasteiger partial charge < -0.3 is 20.3 Å². The number of anilines is 3. The van der Waals surface area contributed by atoms with Gasteiger partial charge in [0.15, 0.2) is 0 Å². The first kappa shape index (κ1) is 12.8. The third kappa shape index (κ3) is 2.79. The molecule has 7 nitrogen and oxygen atoms in total. The lowest BCUT2D eigenvalue weighted by molar-refractivity contribution is 0.121. The molecular formula is C11H20N6O. The van der Waals surface area contributed by atoms with Gasteiger partial charge >= 0.3 is 0 Å². The number of rotatable bonds is 4. The van der Waals surface area contributed by atoms with E-state index in [0.29, 0.717) is 17.8 Å². The third-order valence-electron chi connectivity index (χ3n) is 2.94. The molecule has 2 N–H and O–H groups in total. The van der Waals surface area contributed by atoms with E-state index in [-0.39, 0.29) is 12.1 Å². The molecule has 1 aromatic heterocycles. The minimum atomic E-state index is 0.183. The van der Waals surface area contributed by atoms with Crippen LogP contribution in [0.1, 0.15) is 13.3 Å². The van der Waals surface area contributed by atoms with Gasteiger partial charge in [0, 0.05) is 27.7 Å². The van der Waals surface area contributed by atoms with E-state index in [9.17, 15) is 0 Å². The summed E-state index contributed by atoms with van der Waals surface area (Å²) in [5.41, 5.74) is 0. The van der Waals surface area contributed by atoms with Crippen LogP contribution in [0.4, 0.5) is 17.8 Å². The maximum atomic E-state index is 5.51. The normalized spacial score (nSPS) is 22.9. The largest absolute Gasteiger partial charge is 0.376 e. The average molecular weight is 252 g/mol. The van der Waals surface area contributed by atoms with Gasteiger partial charge in [-0.1, -0.05) is 0 Å². The molecule has 0 aliphatic carbocycles. The van der Waals surface area contributed by atoms with Gasteiger partial charge in [-0.3, -0.25) is 0 Å². The molecule has 0 aromatic carbocycles. The zero-order chi connectivity index (χ0) is 13.1. The maximum Gasteiger partial charge on any atom is 0.231 e. The molecule has 0 bridgehead atoms. The number of nitrogens with zero attached hydrogens (tertiary/aromatic N) is 4. The van der Waals surface area contributed by atoms with Crippen molar-refractivity contribution in [1.82, 2.24) is 15.0 Å². The fourth-order valence-electron chi connectivity index (χ4n) is 1.83. The van der Waals surface area contributed by atoms with Crippen LogP contribution in [0, 0.1) is 0 Å². The number of hydrogen-bond acceptors (Lipinski definition) is 7. The Bertz CT molecular complexity index is 411. The van der Waals surface area contributed by atoms with E-state index in [1.54, 1.807) is 7.05 Å². The molecule has 7 heteroatoms. The molecule has 0 saturated carbocycles. The van der Waals surface area contributed by atoms with Crippen LogP contribution < -0.4 is 15.5 Å². The first-order chi connectivity index (χ1) is 8.60. The Morgan fingerprint density at radius 2 is 1.94 bits per heavy atom. The quantitative estimate of drug-likeness (QED) is 0.811. The average Bonchev–Trinajstić information content (AvgIpc) is 2.74. The smallest absolute Gasteiger partial charge is 0.231 e. The number of hydrogen-bond donors (Lipinski definition) is 2. The number of aromatic nitrogens is 3. The predicted octanol–water partition coefficient (Wildman–Crippen LogP) is 0.569. The molecule has 2 atom stereocenters. The highest BCUT2D eigenvalue weighted by Crippen LogP contribution is 2.18. The van der Waals surface area contributed by atoms with Crippen molar-refractivity contribution >= 4 is 17.8 Å². The Labute approximate surface area is 107 Å². The van der Waals surface area contributed by atoms with Crippen molar-refractivity contribution in [1.29, 1.82) is 0 Å². The van der Waals surface area contributed by atoms with Gasteiger partial charge in [-0.25, -0.2) is 0 Å². The summed E-state index contributed by atoms with van der Waals surface area (Å²) >= 11 is 0. The Morgan fingerprint density at radius 3 is 2.50 bits per heavy atom. The van der Waals surface area contributed by atoms with E-state index in [0.717, 1.165) is 13.0 Å². The molecular weight excluding hydrogens is 232 g/mol. The van der Waals surface area contributed by atoms with Crippen LogP contribution in [0.5, 0.6) is 0 Å². The molecule has 2 heterocycles. The lowest BCUT2D eigenvalue weighted by Gasteiger charge is -2.18. The molecule has 2 unspecified atom stereocenters. The van der Waals surface area contributed by atoms with Crippen molar-refractivity contribution in [2.24, 2.45) is 0 Å². The summed E-state index contributed by atoms with van der Waals surface area (Å²) in [4.78, 5) is 14.8. The highest BCUT2D eigenvalue weighted by Gasteiger charge is 2.25. The zero-order valence-electron chi connectivity index (χ0n) is 11.3. The molecule has 1 aliphatic rings. The number of nitrogens with one attached hydrogen (secondary N) is 2. The Hall–Kier alpha value is -1.63. The minimum Gasteiger partial charge on any atom is -0.376 e. The van der Waals surface area contributed by atoms with Crippen LogP contribution in [0.25, 0.3) is 0 Å². The van der Waals surface area contributed by atoms with Crippen LogP contribution in [0.15, 0.2) is 0 Å². The summed E-state index contributed by atoms with van der Waals surface area (Å²) in [5, 5.41) is 6.25. The van der Waals surface area contributed by atoms with Gasteiger partial charge in [0.25, 0.3) is 0 Å². The molecule has 1 fully saturated rings. The van der Waals surface area contributed by atoms with E-state index in [2.05, 4.69) is 32.5 Å². The van der Waals surface area contributed by atoms with E-state index in [4.69, 9.17) is 4.74 Å². The molecule has 0 spiro atoms. The Morgan fingerprint density at radius 1 is 1.22 bits per heavy atom. The van der Waals surface area contributed by atoms with Crippen LogP contribution in [0.3, 0.4) is 0 Å². The summed E-state index contributed by atoms with van der Waals surface area (Å²) in [5.74, 6) is 1.77. The third-order valence-corrected chi connectivity index (χ3v) is 2.94. The van der Waals surface area contributed by atoms with Gasteiger partial charge in [0.1, 0.15) is 0 Å². The van der Waals surface area contributed by atoms with E-state index >= 15 is 0 Å². The second-order valence-electron chi connectivity index (χ2n) is 4.54. The van der Waals surface area contributed by atoms with Crippen LogP contribution >= 0.6 is 0 Å². The molecule has 1 aliphatic heterocycles. The maximum absolute atomic E-state index is 5.51. The highest BCUT2D eigenvalue weighted by atomic mass is 16.5. The van der Waals surface area contributed by atoms with Gasteiger partial charge in [0.05, 0.1) is 12.1 Å². The van der Waals surface area contributed by atoms with Crippen molar-refractivity contribution in [3.8, 4) is 0 Å². The Balaban J connectivity index is 2.18. The summed E-state index contributed by atoms with van der Waals surface area (Å²) in [6, 6.07) is 0.257. The van der Waals surface area contributed by atoms with Crippen LogP contribution in [0.2, 0.25) is 0 Å². The summed E-state index contributed by atoms with van der Waals surface area (Å²) in [6.45, 7) is 2.83. The topological polar surface area (TPSA) is 75.2 Å². The zero-order valence-corrected chi connectivity index (χ0v) is 11.3. The molecule has 1 aromatic rings. The lowest BCUT2D eigenvalue weighted by Crippen LogP contribution is -2.28. The monoisotopic (exact) mass is 252 g/mol. The van der Waals surface area contributed by atoms with Crippen LogP contribution in [-0.2, 0) is 4.74 Å². The molecule has 1 saturated heterocycles. The minimum absolute atomic E-state index is 0.183. The molecule has 0 amide bonds. The van der Waals surface area contributed by atoms with Crippen LogP contribution in [-0.4, -0.2) is 54.8 Å². The fraction of sp³-hybridized carbons (Fsp3) is 0.727. The van der Waals surface area contributed by atoms with Gasteiger partial charge in [0.2, 0.25) is 17.8 Å². The standard InChI is InChI=1S/C11H20N6O/c1-7-8(5-6-18-7)13-10-14-9(12-2)15-11(16-10)17(3)4/h7-8H,5-6H2,1-4H3,(H2,12,13,14,15,16). The molecule has 18 heavy (non-hydrogen) atoms. The summed E-state index contributed by atoms with van der Waals surface area (Å²) in [6.07, 6.45) is 1.15. The van der Waals surface area contributed by atoms with Gasteiger partial charge in [-0.2, -0.15) is 15.0 Å². The van der Waals surface area contributed by atoms with E-state index in [1.165, 1.54) is 0 Å². The second-order valence-corrected chi connectivity index (χ2v) is 4.54. The first-order valence-electron chi connectivity index (χ1n) is 6.09. The van der Waals surface area contributed by atoms with Crippen molar-refractivity contribution < 1.29 is 4.74 Å². The second kappa shape index (κ2) is 5.34. The van der Waals surface area contributed by atoms with Gasteiger partial charge in [-0.15, -0.1) is 0 Å². The summed E-state index contributed by atoms with van der Waals surface area (Å²) in [7, 11) is 5.60. The molecule has 0 radical (unpaired) electrons. The van der Waals surface area contributed by atoms with Crippen molar-refractivity contribution in [3.05, 3.63) is 0 Å². The summed E-state index contributed by atoms with van der Waals surface area (Å²) < 4.78 is 5.51. The fourth-order valence-corrected chi connectivity index (χ4v) is 1.83. The predicted molar refractivity (Wildman–Crippen MR) is 71.1 cm³/mol.